The van der Waals surface area contributed by atoms with Crippen LogP contribution < -0.4 is 14.8 Å². The lowest BCUT2D eigenvalue weighted by atomic mass is 10.1. The number of fused-ring (bicyclic) bond motifs is 1. The third-order valence-electron chi connectivity index (χ3n) is 5.44. The van der Waals surface area contributed by atoms with Crippen LogP contribution in [0.4, 0.5) is 5.69 Å². The first kappa shape index (κ1) is 22.8. The molecule has 34 heavy (non-hydrogen) atoms. The maximum absolute atomic E-state index is 13.2. The summed E-state index contributed by atoms with van der Waals surface area (Å²) in [7, 11) is 4.22. The SMILES string of the molecule is COC(=O)c1cc(OC)c(OC)cc1NC(=O)Cn1c(Cc2ccccc2)nc2ccccc21. The Balaban J connectivity index is 1.67. The molecule has 3 aromatic carbocycles. The van der Waals surface area contributed by atoms with E-state index in [-0.39, 0.29) is 23.7 Å². The average Bonchev–Trinajstić information content (AvgIpc) is 3.20. The number of nitrogens with one attached hydrogen (secondary N) is 1. The summed E-state index contributed by atoms with van der Waals surface area (Å²) in [5.41, 5.74) is 3.18. The summed E-state index contributed by atoms with van der Waals surface area (Å²) >= 11 is 0. The topological polar surface area (TPSA) is 91.7 Å². The zero-order valence-corrected chi connectivity index (χ0v) is 19.2. The number of ether oxygens (including phenoxy) is 3. The van der Waals surface area contributed by atoms with E-state index in [0.717, 1.165) is 22.4 Å². The van der Waals surface area contributed by atoms with E-state index in [9.17, 15) is 9.59 Å². The van der Waals surface area contributed by atoms with Crippen molar-refractivity contribution in [2.45, 2.75) is 13.0 Å². The van der Waals surface area contributed by atoms with Crippen LogP contribution in [0.2, 0.25) is 0 Å². The molecule has 0 fully saturated rings. The van der Waals surface area contributed by atoms with E-state index < -0.39 is 5.97 Å². The summed E-state index contributed by atoms with van der Waals surface area (Å²) in [5.74, 6) is 0.571. The molecule has 0 aliphatic carbocycles. The molecule has 174 valence electrons. The van der Waals surface area contributed by atoms with Crippen molar-refractivity contribution in [1.29, 1.82) is 0 Å². The van der Waals surface area contributed by atoms with Gasteiger partial charge in [0.05, 0.1) is 43.6 Å². The molecule has 1 N–H and O–H groups in total. The van der Waals surface area contributed by atoms with Crippen molar-refractivity contribution >= 4 is 28.6 Å². The van der Waals surface area contributed by atoms with Gasteiger partial charge in [0.25, 0.3) is 0 Å². The second-order valence-electron chi connectivity index (χ2n) is 7.56. The van der Waals surface area contributed by atoms with Crippen LogP contribution in [0.1, 0.15) is 21.7 Å². The van der Waals surface area contributed by atoms with Crippen LogP contribution >= 0.6 is 0 Å². The number of carbonyl (C=O) groups is 2. The highest BCUT2D eigenvalue weighted by Crippen LogP contribution is 2.34. The third kappa shape index (κ3) is 4.71. The normalized spacial score (nSPS) is 10.7. The summed E-state index contributed by atoms with van der Waals surface area (Å²) in [4.78, 5) is 30.3. The third-order valence-corrected chi connectivity index (χ3v) is 5.44. The number of aromatic nitrogens is 2. The maximum atomic E-state index is 13.2. The molecular weight excluding hydrogens is 434 g/mol. The largest absolute Gasteiger partial charge is 0.493 e. The van der Waals surface area contributed by atoms with Crippen LogP contribution in [0.25, 0.3) is 11.0 Å². The minimum atomic E-state index is -0.603. The number of methoxy groups -OCH3 is 3. The van der Waals surface area contributed by atoms with Crippen molar-refractivity contribution in [3.63, 3.8) is 0 Å². The lowest BCUT2D eigenvalue weighted by Gasteiger charge is -2.15. The van der Waals surface area contributed by atoms with Gasteiger partial charge in [-0.05, 0) is 17.7 Å². The van der Waals surface area contributed by atoms with Crippen LogP contribution in [0, 0.1) is 0 Å². The molecule has 8 heteroatoms. The molecular formula is C26H25N3O5. The van der Waals surface area contributed by atoms with Gasteiger partial charge < -0.3 is 24.1 Å². The molecule has 1 heterocycles. The Bertz CT molecular complexity index is 1330. The number of hydrogen-bond donors (Lipinski definition) is 1. The zero-order valence-electron chi connectivity index (χ0n) is 19.2. The molecule has 4 rings (SSSR count). The monoisotopic (exact) mass is 459 g/mol. The van der Waals surface area contributed by atoms with E-state index >= 15 is 0 Å². The Labute approximate surface area is 197 Å². The van der Waals surface area contributed by atoms with Crippen LogP contribution in [-0.2, 0) is 22.5 Å². The van der Waals surface area contributed by atoms with Crippen LogP contribution in [0.3, 0.4) is 0 Å². The molecule has 0 atom stereocenters. The molecule has 4 aromatic rings. The minimum absolute atomic E-state index is 0.0115. The summed E-state index contributed by atoms with van der Waals surface area (Å²) < 4.78 is 17.4. The van der Waals surface area contributed by atoms with E-state index in [1.807, 2.05) is 59.2 Å². The van der Waals surface area contributed by atoms with Gasteiger partial charge in [0.15, 0.2) is 11.5 Å². The molecule has 8 nitrogen and oxygen atoms in total. The van der Waals surface area contributed by atoms with Crippen molar-refractivity contribution < 1.29 is 23.8 Å². The number of imidazole rings is 1. The first-order chi connectivity index (χ1) is 16.5. The number of rotatable bonds is 8. The summed E-state index contributed by atoms with van der Waals surface area (Å²) in [6, 6.07) is 20.7. The van der Waals surface area contributed by atoms with Gasteiger partial charge in [0, 0.05) is 18.6 Å². The van der Waals surface area contributed by atoms with Crippen molar-refractivity contribution in [1.82, 2.24) is 9.55 Å². The highest BCUT2D eigenvalue weighted by atomic mass is 16.5. The van der Waals surface area contributed by atoms with Crippen LogP contribution in [-0.4, -0.2) is 42.8 Å². The van der Waals surface area contributed by atoms with Gasteiger partial charge in [-0.2, -0.15) is 0 Å². The molecule has 1 amide bonds. The second-order valence-corrected chi connectivity index (χ2v) is 7.56. The van der Waals surface area contributed by atoms with E-state index in [1.165, 1.54) is 27.4 Å². The molecule has 0 aliphatic rings. The fourth-order valence-electron chi connectivity index (χ4n) is 3.81. The Morgan fingerprint density at radius 3 is 2.29 bits per heavy atom. The van der Waals surface area contributed by atoms with Gasteiger partial charge >= 0.3 is 5.97 Å². The predicted octanol–water partition coefficient (Wildman–Crippen LogP) is 4.07. The van der Waals surface area contributed by atoms with Crippen LogP contribution in [0.15, 0.2) is 66.7 Å². The van der Waals surface area contributed by atoms with Crippen molar-refractivity contribution in [2.24, 2.45) is 0 Å². The number of para-hydroxylation sites is 2. The molecule has 0 radical (unpaired) electrons. The van der Waals surface area contributed by atoms with Gasteiger partial charge in [0.1, 0.15) is 12.4 Å². The van der Waals surface area contributed by atoms with E-state index in [2.05, 4.69) is 5.32 Å². The highest BCUT2D eigenvalue weighted by Gasteiger charge is 2.20. The first-order valence-corrected chi connectivity index (χ1v) is 10.7. The Morgan fingerprint density at radius 2 is 1.59 bits per heavy atom. The van der Waals surface area contributed by atoms with Crippen LogP contribution in [0.5, 0.6) is 11.5 Å². The van der Waals surface area contributed by atoms with Gasteiger partial charge in [-0.3, -0.25) is 4.79 Å². The number of anilines is 1. The predicted molar refractivity (Wildman–Crippen MR) is 128 cm³/mol. The molecule has 1 aromatic heterocycles. The molecule has 0 aliphatic heterocycles. The molecule has 0 saturated heterocycles. The first-order valence-electron chi connectivity index (χ1n) is 10.7. The fraction of sp³-hybridized carbons (Fsp3) is 0.192. The lowest BCUT2D eigenvalue weighted by molar-refractivity contribution is -0.116. The number of hydrogen-bond acceptors (Lipinski definition) is 6. The molecule has 0 saturated carbocycles. The Hall–Kier alpha value is -4.33. The fourth-order valence-corrected chi connectivity index (χ4v) is 3.81. The standard InChI is InChI=1S/C26H25N3O5/c1-32-22-14-18(26(31)34-3)20(15-23(22)33-2)28-25(30)16-29-21-12-8-7-11-19(21)27-24(29)13-17-9-5-4-6-10-17/h4-12,14-15H,13,16H2,1-3H3,(H,28,30). The van der Waals surface area contributed by atoms with Gasteiger partial charge in [-0.1, -0.05) is 42.5 Å². The van der Waals surface area contributed by atoms with Gasteiger partial charge in [0.2, 0.25) is 5.91 Å². The van der Waals surface area contributed by atoms with Crippen molar-refractivity contribution in [3.05, 3.63) is 83.7 Å². The Morgan fingerprint density at radius 1 is 0.912 bits per heavy atom. The van der Waals surface area contributed by atoms with E-state index in [1.54, 1.807) is 6.07 Å². The Kier molecular flexibility index (Phi) is 6.77. The van der Waals surface area contributed by atoms with E-state index in [0.29, 0.717) is 17.9 Å². The molecule has 0 spiro atoms. The smallest absolute Gasteiger partial charge is 0.340 e. The highest BCUT2D eigenvalue weighted by molar-refractivity contribution is 6.02. The average molecular weight is 460 g/mol. The second kappa shape index (κ2) is 10.1. The summed E-state index contributed by atoms with van der Waals surface area (Å²) in [6.45, 7) is 0.0115. The van der Waals surface area contributed by atoms with Crippen molar-refractivity contribution in [2.75, 3.05) is 26.6 Å². The number of amides is 1. The number of esters is 1. The lowest BCUT2D eigenvalue weighted by Crippen LogP contribution is -2.22. The molecule has 0 unspecified atom stereocenters. The number of carbonyl (C=O) groups excluding carboxylic acids is 2. The number of nitrogens with zero attached hydrogens (tertiary/aromatic N) is 2. The molecule has 0 bridgehead atoms. The van der Waals surface area contributed by atoms with Crippen molar-refractivity contribution in [3.8, 4) is 11.5 Å². The van der Waals surface area contributed by atoms with Gasteiger partial charge in [-0.25, -0.2) is 9.78 Å². The quantitative estimate of drug-likeness (QED) is 0.400. The maximum Gasteiger partial charge on any atom is 0.340 e. The zero-order chi connectivity index (χ0) is 24.1. The summed E-state index contributed by atoms with van der Waals surface area (Å²) in [5, 5.41) is 2.82. The van der Waals surface area contributed by atoms with E-state index in [4.69, 9.17) is 19.2 Å². The summed E-state index contributed by atoms with van der Waals surface area (Å²) in [6.07, 6.45) is 0.576. The minimum Gasteiger partial charge on any atom is -0.493 e. The number of benzene rings is 3. The van der Waals surface area contributed by atoms with Gasteiger partial charge in [-0.15, -0.1) is 0 Å².